The summed E-state index contributed by atoms with van der Waals surface area (Å²) in [6, 6.07) is 0.553. The van der Waals surface area contributed by atoms with Gasteiger partial charge in [-0.25, -0.2) is 0 Å². The predicted molar refractivity (Wildman–Crippen MR) is 47.2 cm³/mol. The number of hydrogen-bond donors (Lipinski definition) is 1. The van der Waals surface area contributed by atoms with Gasteiger partial charge in [0.05, 0.1) is 0 Å². The molecule has 3 unspecified atom stereocenters. The summed E-state index contributed by atoms with van der Waals surface area (Å²) in [7, 11) is 0. The second kappa shape index (κ2) is 2.22. The van der Waals surface area contributed by atoms with Gasteiger partial charge in [0.25, 0.3) is 0 Å². The van der Waals surface area contributed by atoms with Crippen molar-refractivity contribution in [3.05, 3.63) is 0 Å². The average Bonchev–Trinajstić information content (AvgIpc) is 2.45. The van der Waals surface area contributed by atoms with E-state index in [1.54, 1.807) is 0 Å². The molecule has 0 aromatic rings. The Morgan fingerprint density at radius 2 is 2.09 bits per heavy atom. The van der Waals surface area contributed by atoms with Crippen LogP contribution in [0.4, 0.5) is 0 Å². The quantitative estimate of drug-likeness (QED) is 0.614. The Bertz CT molecular complexity index is 164. The van der Waals surface area contributed by atoms with Crippen LogP contribution in [0.3, 0.4) is 0 Å². The van der Waals surface area contributed by atoms with Crippen molar-refractivity contribution < 1.29 is 0 Å². The van der Waals surface area contributed by atoms with Crippen LogP contribution >= 0.6 is 0 Å². The molecule has 3 atom stereocenters. The molecule has 2 rings (SSSR count). The first-order chi connectivity index (χ1) is 5.17. The fraction of sp³-hybridized carbons (Fsp3) is 1.00. The van der Waals surface area contributed by atoms with Gasteiger partial charge in [-0.1, -0.05) is 20.3 Å². The minimum atomic E-state index is 0.553. The second-order valence-corrected chi connectivity index (χ2v) is 4.79. The summed E-state index contributed by atoms with van der Waals surface area (Å²) in [5.41, 5.74) is 6.61. The maximum absolute atomic E-state index is 5.99. The monoisotopic (exact) mass is 153 g/mol. The summed E-state index contributed by atoms with van der Waals surface area (Å²) in [6.45, 7) is 4.70. The van der Waals surface area contributed by atoms with Crippen LogP contribution in [-0.2, 0) is 0 Å². The highest BCUT2D eigenvalue weighted by molar-refractivity contribution is 5.12. The predicted octanol–water partition coefficient (Wildman–Crippen LogP) is 2.16. The summed E-state index contributed by atoms with van der Waals surface area (Å²) in [5.74, 6) is 1.79. The van der Waals surface area contributed by atoms with Crippen LogP contribution in [0, 0.1) is 17.3 Å². The summed E-state index contributed by atoms with van der Waals surface area (Å²) in [4.78, 5) is 0. The Hall–Kier alpha value is -0.0400. The Kier molecular flexibility index (Phi) is 1.54. The van der Waals surface area contributed by atoms with Gasteiger partial charge in [-0.15, -0.1) is 0 Å². The van der Waals surface area contributed by atoms with Crippen molar-refractivity contribution >= 4 is 0 Å². The Labute approximate surface area is 69.4 Å². The smallest absolute Gasteiger partial charge is 0.0105 e. The molecule has 0 saturated heterocycles. The van der Waals surface area contributed by atoms with Gasteiger partial charge in [0, 0.05) is 6.04 Å². The Balaban J connectivity index is 2.10. The molecule has 2 fully saturated rings. The van der Waals surface area contributed by atoms with Crippen LogP contribution in [-0.4, -0.2) is 6.04 Å². The topological polar surface area (TPSA) is 26.0 Å². The maximum atomic E-state index is 5.99. The average molecular weight is 153 g/mol. The highest BCUT2D eigenvalue weighted by Gasteiger charge is 2.59. The summed E-state index contributed by atoms with van der Waals surface area (Å²) >= 11 is 0. The summed E-state index contributed by atoms with van der Waals surface area (Å²) in [6.07, 6.45) is 5.59. The normalized spacial score (nSPS) is 49.1. The minimum absolute atomic E-state index is 0.553. The fourth-order valence-electron chi connectivity index (χ4n) is 3.19. The standard InChI is InChI=1S/C10H19N/c1-7(2)8-4-3-5-10(8)6-9(10)11/h7-9H,3-6,11H2,1-2H3. The molecule has 11 heavy (non-hydrogen) atoms. The lowest BCUT2D eigenvalue weighted by Crippen LogP contribution is -2.22. The molecule has 0 amide bonds. The van der Waals surface area contributed by atoms with Crippen molar-refractivity contribution in [1.29, 1.82) is 0 Å². The summed E-state index contributed by atoms with van der Waals surface area (Å²) in [5, 5.41) is 0. The van der Waals surface area contributed by atoms with Crippen molar-refractivity contribution in [1.82, 2.24) is 0 Å². The highest BCUT2D eigenvalue weighted by atomic mass is 14.8. The molecule has 1 nitrogen and oxygen atoms in total. The van der Waals surface area contributed by atoms with E-state index >= 15 is 0 Å². The highest BCUT2D eigenvalue weighted by Crippen LogP contribution is 2.62. The van der Waals surface area contributed by atoms with Crippen molar-refractivity contribution in [2.75, 3.05) is 0 Å². The third-order valence-electron chi connectivity index (χ3n) is 3.88. The molecule has 0 aromatic heterocycles. The van der Waals surface area contributed by atoms with E-state index < -0.39 is 0 Å². The van der Waals surface area contributed by atoms with E-state index in [1.165, 1.54) is 25.7 Å². The zero-order valence-corrected chi connectivity index (χ0v) is 7.64. The lowest BCUT2D eigenvalue weighted by atomic mass is 9.83. The third-order valence-corrected chi connectivity index (χ3v) is 3.88. The Morgan fingerprint density at radius 1 is 1.45 bits per heavy atom. The minimum Gasteiger partial charge on any atom is -0.327 e. The van der Waals surface area contributed by atoms with Gasteiger partial charge >= 0.3 is 0 Å². The molecule has 2 saturated carbocycles. The van der Waals surface area contributed by atoms with Gasteiger partial charge in [0.15, 0.2) is 0 Å². The van der Waals surface area contributed by atoms with E-state index in [9.17, 15) is 0 Å². The van der Waals surface area contributed by atoms with Gasteiger partial charge in [-0.05, 0) is 36.5 Å². The molecule has 0 aromatic carbocycles. The third kappa shape index (κ3) is 0.936. The van der Waals surface area contributed by atoms with Crippen molar-refractivity contribution in [3.63, 3.8) is 0 Å². The van der Waals surface area contributed by atoms with E-state index in [0.29, 0.717) is 11.5 Å². The molecule has 1 spiro atoms. The molecular weight excluding hydrogens is 134 g/mol. The lowest BCUT2D eigenvalue weighted by Gasteiger charge is -2.22. The summed E-state index contributed by atoms with van der Waals surface area (Å²) < 4.78 is 0. The SMILES string of the molecule is CC(C)C1CCCC12CC2N. The number of rotatable bonds is 1. The number of nitrogens with two attached hydrogens (primary N) is 1. The van der Waals surface area contributed by atoms with Gasteiger partial charge in [0.1, 0.15) is 0 Å². The van der Waals surface area contributed by atoms with Gasteiger partial charge in [-0.2, -0.15) is 0 Å². The molecule has 2 N–H and O–H groups in total. The van der Waals surface area contributed by atoms with E-state index in [1.807, 2.05) is 0 Å². The Morgan fingerprint density at radius 3 is 2.45 bits per heavy atom. The van der Waals surface area contributed by atoms with Crippen LogP contribution in [0.25, 0.3) is 0 Å². The van der Waals surface area contributed by atoms with Crippen LogP contribution < -0.4 is 5.73 Å². The van der Waals surface area contributed by atoms with E-state index in [-0.39, 0.29) is 0 Å². The molecule has 64 valence electrons. The van der Waals surface area contributed by atoms with Gasteiger partial charge in [-0.3, -0.25) is 0 Å². The van der Waals surface area contributed by atoms with E-state index in [0.717, 1.165) is 11.8 Å². The molecule has 0 aliphatic heterocycles. The zero-order chi connectivity index (χ0) is 8.06. The fourth-order valence-corrected chi connectivity index (χ4v) is 3.19. The van der Waals surface area contributed by atoms with Crippen LogP contribution in [0.1, 0.15) is 39.5 Å². The molecule has 1 heteroatoms. The first kappa shape index (κ1) is 7.60. The van der Waals surface area contributed by atoms with Gasteiger partial charge in [0.2, 0.25) is 0 Å². The van der Waals surface area contributed by atoms with E-state index in [2.05, 4.69) is 13.8 Å². The van der Waals surface area contributed by atoms with Gasteiger partial charge < -0.3 is 5.73 Å². The van der Waals surface area contributed by atoms with Crippen molar-refractivity contribution in [3.8, 4) is 0 Å². The molecular formula is C10H19N. The maximum Gasteiger partial charge on any atom is 0.0105 e. The van der Waals surface area contributed by atoms with Crippen LogP contribution in [0.5, 0.6) is 0 Å². The molecule has 0 heterocycles. The van der Waals surface area contributed by atoms with Crippen molar-refractivity contribution in [2.45, 2.75) is 45.6 Å². The first-order valence-corrected chi connectivity index (χ1v) is 4.92. The molecule has 2 aliphatic carbocycles. The molecule has 0 bridgehead atoms. The van der Waals surface area contributed by atoms with Crippen LogP contribution in [0.2, 0.25) is 0 Å². The zero-order valence-electron chi connectivity index (χ0n) is 7.64. The lowest BCUT2D eigenvalue weighted by molar-refractivity contribution is 0.267. The number of hydrogen-bond acceptors (Lipinski definition) is 1. The second-order valence-electron chi connectivity index (χ2n) is 4.79. The largest absolute Gasteiger partial charge is 0.327 e. The molecule has 0 radical (unpaired) electrons. The van der Waals surface area contributed by atoms with E-state index in [4.69, 9.17) is 5.73 Å². The molecule has 2 aliphatic rings. The van der Waals surface area contributed by atoms with Crippen molar-refractivity contribution in [2.24, 2.45) is 23.0 Å². The first-order valence-electron chi connectivity index (χ1n) is 4.92. The van der Waals surface area contributed by atoms with Crippen LogP contribution in [0.15, 0.2) is 0 Å².